The standard InChI is InChI=1S/C16H34N2O2S/c1-21-18-14-11-12-16(20)17-13-9-7-5-3-2-4-6-8-10-15-19/h18-19H,2-15H2,1H3,(H,17,20). The van der Waals surface area contributed by atoms with Crippen molar-refractivity contribution in [2.75, 3.05) is 26.0 Å². The summed E-state index contributed by atoms with van der Waals surface area (Å²) in [5.74, 6) is 0.182. The number of carbonyl (C=O) groups is 1. The third-order valence-electron chi connectivity index (χ3n) is 3.48. The molecule has 0 unspecified atom stereocenters. The molecule has 3 N–H and O–H groups in total. The maximum atomic E-state index is 11.5. The second-order valence-electron chi connectivity index (χ2n) is 5.46. The van der Waals surface area contributed by atoms with Crippen LogP contribution in [-0.2, 0) is 4.79 Å². The first kappa shape index (κ1) is 20.7. The molecule has 0 aromatic rings. The quantitative estimate of drug-likeness (QED) is 0.302. The third kappa shape index (κ3) is 17.7. The molecular formula is C16H34N2O2S. The fourth-order valence-corrected chi connectivity index (χ4v) is 2.56. The van der Waals surface area contributed by atoms with Crippen molar-refractivity contribution in [3.05, 3.63) is 0 Å². The van der Waals surface area contributed by atoms with Crippen LogP contribution < -0.4 is 10.0 Å². The molecule has 0 aliphatic heterocycles. The van der Waals surface area contributed by atoms with Gasteiger partial charge in [0.05, 0.1) is 0 Å². The van der Waals surface area contributed by atoms with E-state index in [1.807, 2.05) is 6.26 Å². The highest BCUT2D eigenvalue weighted by Gasteiger charge is 1.99. The zero-order chi connectivity index (χ0) is 15.6. The molecule has 0 fully saturated rings. The number of aliphatic hydroxyl groups excluding tert-OH is 1. The number of nitrogens with one attached hydrogen (secondary N) is 2. The second kappa shape index (κ2) is 17.8. The Balaban J connectivity index is 3.09. The largest absolute Gasteiger partial charge is 0.396 e. The Hall–Kier alpha value is -0.260. The molecule has 0 rings (SSSR count). The fourth-order valence-electron chi connectivity index (χ4n) is 2.21. The molecule has 4 nitrogen and oxygen atoms in total. The van der Waals surface area contributed by atoms with Gasteiger partial charge in [-0.2, -0.15) is 0 Å². The van der Waals surface area contributed by atoms with Gasteiger partial charge in [0, 0.05) is 26.1 Å². The summed E-state index contributed by atoms with van der Waals surface area (Å²) < 4.78 is 3.14. The molecule has 5 heteroatoms. The molecule has 126 valence electrons. The highest BCUT2D eigenvalue weighted by molar-refractivity contribution is 7.96. The van der Waals surface area contributed by atoms with Crippen LogP contribution in [0, 0.1) is 0 Å². The SMILES string of the molecule is CSNCCCC(=O)NCCCCCCCCCCCO. The first-order chi connectivity index (χ1) is 10.3. The van der Waals surface area contributed by atoms with E-state index < -0.39 is 0 Å². The van der Waals surface area contributed by atoms with Crippen molar-refractivity contribution in [2.24, 2.45) is 0 Å². The smallest absolute Gasteiger partial charge is 0.220 e. The minimum Gasteiger partial charge on any atom is -0.396 e. The number of unbranched alkanes of at least 4 members (excludes halogenated alkanes) is 8. The zero-order valence-corrected chi connectivity index (χ0v) is 14.5. The summed E-state index contributed by atoms with van der Waals surface area (Å²) in [6.07, 6.45) is 14.4. The molecule has 0 aromatic carbocycles. The molecule has 0 bridgehead atoms. The van der Waals surface area contributed by atoms with Crippen molar-refractivity contribution >= 4 is 17.9 Å². The van der Waals surface area contributed by atoms with Crippen LogP contribution in [0.15, 0.2) is 0 Å². The Kier molecular flexibility index (Phi) is 17.6. The molecule has 0 saturated heterocycles. The van der Waals surface area contributed by atoms with Crippen molar-refractivity contribution in [3.63, 3.8) is 0 Å². The van der Waals surface area contributed by atoms with E-state index in [9.17, 15) is 4.79 Å². The monoisotopic (exact) mass is 318 g/mol. The molecule has 0 spiro atoms. The van der Waals surface area contributed by atoms with Gasteiger partial charge in [-0.1, -0.05) is 56.9 Å². The third-order valence-corrected chi connectivity index (χ3v) is 3.98. The number of hydrogen-bond acceptors (Lipinski definition) is 4. The first-order valence-electron chi connectivity index (χ1n) is 8.44. The number of amides is 1. The van der Waals surface area contributed by atoms with Gasteiger partial charge in [0.2, 0.25) is 5.91 Å². The molecular weight excluding hydrogens is 284 g/mol. The van der Waals surface area contributed by atoms with E-state index in [1.54, 1.807) is 11.9 Å². The summed E-state index contributed by atoms with van der Waals surface area (Å²) in [5.41, 5.74) is 0. The van der Waals surface area contributed by atoms with Gasteiger partial charge in [-0.05, 0) is 25.5 Å². The first-order valence-corrected chi connectivity index (χ1v) is 9.67. The van der Waals surface area contributed by atoms with Gasteiger partial charge < -0.3 is 10.4 Å². The average Bonchev–Trinajstić information content (AvgIpc) is 2.49. The van der Waals surface area contributed by atoms with Crippen molar-refractivity contribution < 1.29 is 9.90 Å². The molecule has 0 aliphatic carbocycles. The number of hydrogen-bond donors (Lipinski definition) is 3. The van der Waals surface area contributed by atoms with Crippen molar-refractivity contribution in [2.45, 2.75) is 70.6 Å². The highest BCUT2D eigenvalue weighted by atomic mass is 32.2. The van der Waals surface area contributed by atoms with E-state index in [0.29, 0.717) is 13.0 Å². The summed E-state index contributed by atoms with van der Waals surface area (Å²) >= 11 is 1.60. The second-order valence-corrected chi connectivity index (χ2v) is 6.15. The van der Waals surface area contributed by atoms with Gasteiger partial charge in [-0.3, -0.25) is 9.52 Å². The van der Waals surface area contributed by atoms with Gasteiger partial charge in [-0.15, -0.1) is 0 Å². The van der Waals surface area contributed by atoms with Gasteiger partial charge in [-0.25, -0.2) is 0 Å². The van der Waals surface area contributed by atoms with Crippen LogP contribution in [0.1, 0.15) is 70.6 Å². The Bertz CT molecular complexity index is 228. The highest BCUT2D eigenvalue weighted by Crippen LogP contribution is 2.09. The summed E-state index contributed by atoms with van der Waals surface area (Å²) in [7, 11) is 0. The number of carbonyl (C=O) groups excluding carboxylic acids is 1. The molecule has 0 atom stereocenters. The fraction of sp³-hybridized carbons (Fsp3) is 0.938. The molecule has 0 saturated carbocycles. The maximum Gasteiger partial charge on any atom is 0.220 e. The summed E-state index contributed by atoms with van der Waals surface area (Å²) in [4.78, 5) is 11.5. The Morgan fingerprint density at radius 3 is 2.00 bits per heavy atom. The van der Waals surface area contributed by atoms with Gasteiger partial charge in [0.1, 0.15) is 0 Å². The lowest BCUT2D eigenvalue weighted by Gasteiger charge is -2.05. The van der Waals surface area contributed by atoms with Crippen LogP contribution in [0.2, 0.25) is 0 Å². The van der Waals surface area contributed by atoms with Crippen LogP contribution in [-0.4, -0.2) is 37.0 Å². The maximum absolute atomic E-state index is 11.5. The van der Waals surface area contributed by atoms with E-state index in [0.717, 1.165) is 38.8 Å². The molecule has 21 heavy (non-hydrogen) atoms. The van der Waals surface area contributed by atoms with E-state index in [4.69, 9.17) is 5.11 Å². The van der Waals surface area contributed by atoms with Crippen LogP contribution in [0.4, 0.5) is 0 Å². The van der Waals surface area contributed by atoms with E-state index in [-0.39, 0.29) is 5.91 Å². The number of aliphatic hydroxyl groups is 1. The van der Waals surface area contributed by atoms with E-state index in [1.165, 1.54) is 38.5 Å². The summed E-state index contributed by atoms with van der Waals surface area (Å²) in [6, 6.07) is 0. The lowest BCUT2D eigenvalue weighted by atomic mass is 10.1. The van der Waals surface area contributed by atoms with Crippen LogP contribution in [0.5, 0.6) is 0 Å². The molecule has 0 heterocycles. The van der Waals surface area contributed by atoms with E-state index >= 15 is 0 Å². The lowest BCUT2D eigenvalue weighted by molar-refractivity contribution is -0.121. The minimum absolute atomic E-state index is 0.182. The topological polar surface area (TPSA) is 61.4 Å². The van der Waals surface area contributed by atoms with Crippen molar-refractivity contribution in [3.8, 4) is 0 Å². The molecule has 0 radical (unpaired) electrons. The Morgan fingerprint density at radius 2 is 1.43 bits per heavy atom. The summed E-state index contributed by atoms with van der Waals surface area (Å²) in [6.45, 7) is 2.05. The molecule has 0 aliphatic rings. The van der Waals surface area contributed by atoms with Crippen LogP contribution in [0.3, 0.4) is 0 Å². The number of rotatable bonds is 16. The average molecular weight is 319 g/mol. The summed E-state index contributed by atoms with van der Waals surface area (Å²) in [5, 5.41) is 11.7. The van der Waals surface area contributed by atoms with Crippen LogP contribution >= 0.6 is 11.9 Å². The zero-order valence-electron chi connectivity index (χ0n) is 13.7. The molecule has 1 amide bonds. The normalized spacial score (nSPS) is 10.8. The predicted octanol–water partition coefficient (Wildman–Crippen LogP) is 3.25. The van der Waals surface area contributed by atoms with Gasteiger partial charge in [0.15, 0.2) is 0 Å². The minimum atomic E-state index is 0.182. The van der Waals surface area contributed by atoms with Gasteiger partial charge in [0.25, 0.3) is 0 Å². The Labute approximate surface area is 135 Å². The Morgan fingerprint density at radius 1 is 0.857 bits per heavy atom. The van der Waals surface area contributed by atoms with E-state index in [2.05, 4.69) is 10.0 Å². The lowest BCUT2D eigenvalue weighted by Crippen LogP contribution is -2.24. The van der Waals surface area contributed by atoms with Crippen LogP contribution in [0.25, 0.3) is 0 Å². The molecule has 0 aromatic heterocycles. The van der Waals surface area contributed by atoms with Crippen molar-refractivity contribution in [1.82, 2.24) is 10.0 Å². The van der Waals surface area contributed by atoms with Gasteiger partial charge >= 0.3 is 0 Å². The predicted molar refractivity (Wildman–Crippen MR) is 92.4 cm³/mol. The van der Waals surface area contributed by atoms with Crippen molar-refractivity contribution in [1.29, 1.82) is 0 Å².